The minimum atomic E-state index is -4.94. The fourth-order valence-corrected chi connectivity index (χ4v) is 5.81. The van der Waals surface area contributed by atoms with Crippen LogP contribution in [0.25, 0.3) is 0 Å². The van der Waals surface area contributed by atoms with Crippen molar-refractivity contribution in [3.8, 4) is 0 Å². The second-order valence-electron chi connectivity index (χ2n) is 11.3. The SMILES string of the molecule is CC(C)(C)CN(CC(=O)c1c(Cl)cc(Cl)cc1Cl)C(=O)c1cnn([C@H]2CC[C@](C)(C(=O)O)CC2)c1C(F)(F)F. The molecule has 214 valence electrons. The molecule has 0 unspecified atom stereocenters. The van der Waals surface area contributed by atoms with E-state index in [1.165, 1.54) is 12.1 Å². The Balaban J connectivity index is 1.99. The molecule has 1 saturated carbocycles. The van der Waals surface area contributed by atoms with Crippen LogP contribution >= 0.6 is 34.8 Å². The van der Waals surface area contributed by atoms with Crippen molar-refractivity contribution in [3.05, 3.63) is 50.2 Å². The van der Waals surface area contributed by atoms with E-state index in [1.807, 2.05) is 0 Å². The van der Waals surface area contributed by atoms with Crippen LogP contribution < -0.4 is 0 Å². The smallest absolute Gasteiger partial charge is 0.433 e. The van der Waals surface area contributed by atoms with Gasteiger partial charge in [-0.3, -0.25) is 19.1 Å². The Morgan fingerprint density at radius 2 is 1.64 bits per heavy atom. The number of ketones is 1. The van der Waals surface area contributed by atoms with Crippen molar-refractivity contribution in [2.45, 2.75) is 65.6 Å². The normalized spacial score (nSPS) is 20.1. The number of amides is 1. The van der Waals surface area contributed by atoms with Crippen LogP contribution in [0.1, 0.15) is 85.8 Å². The molecule has 1 aromatic carbocycles. The fraction of sp³-hybridized carbons (Fsp3) is 0.538. The fourth-order valence-electron chi connectivity index (χ4n) is 4.78. The minimum absolute atomic E-state index is 0.0462. The average molecular weight is 611 g/mol. The first-order valence-corrected chi connectivity index (χ1v) is 13.3. The Morgan fingerprint density at radius 1 is 1.10 bits per heavy atom. The van der Waals surface area contributed by atoms with Gasteiger partial charge in [0.1, 0.15) is 0 Å². The molecular weight excluding hydrogens is 582 g/mol. The predicted octanol–water partition coefficient (Wildman–Crippen LogP) is 7.44. The Morgan fingerprint density at radius 3 is 2.10 bits per heavy atom. The number of carbonyl (C=O) groups excluding carboxylic acids is 2. The maximum atomic E-state index is 14.4. The van der Waals surface area contributed by atoms with Crippen LogP contribution in [0.5, 0.6) is 0 Å². The third-order valence-corrected chi connectivity index (χ3v) is 7.60. The summed E-state index contributed by atoms with van der Waals surface area (Å²) in [6.07, 6.45) is -3.44. The van der Waals surface area contributed by atoms with Crippen LogP contribution in [-0.2, 0) is 11.0 Å². The molecule has 0 spiro atoms. The molecule has 0 atom stereocenters. The third-order valence-electron chi connectivity index (χ3n) is 6.79. The molecular formula is C26H29Cl3F3N3O4. The zero-order valence-corrected chi connectivity index (χ0v) is 24.1. The number of rotatable bonds is 7. The standard InChI is InChI=1S/C26H29Cl3F3N3O4/c1-24(2,3)13-34(12-19(36)20-17(28)9-14(27)10-18(20)29)22(37)16-11-33-35(21(16)26(30,31)32)15-5-7-25(4,8-6-15)23(38)39/h9-11,15H,5-8,12-13H2,1-4H3,(H,38,39)/t15-,25-. The Kier molecular flexibility index (Phi) is 9.04. The average Bonchev–Trinajstić information content (AvgIpc) is 3.22. The number of alkyl halides is 3. The lowest BCUT2D eigenvalue weighted by Gasteiger charge is -2.34. The number of hydrogen-bond donors (Lipinski definition) is 1. The first-order valence-electron chi connectivity index (χ1n) is 12.2. The summed E-state index contributed by atoms with van der Waals surface area (Å²) in [4.78, 5) is 39.4. The number of nitrogens with zero attached hydrogens (tertiary/aromatic N) is 3. The number of carbonyl (C=O) groups is 3. The minimum Gasteiger partial charge on any atom is -0.481 e. The van der Waals surface area contributed by atoms with Gasteiger partial charge in [-0.25, -0.2) is 0 Å². The van der Waals surface area contributed by atoms with Crippen LogP contribution in [0.3, 0.4) is 0 Å². The zero-order valence-electron chi connectivity index (χ0n) is 21.8. The first kappa shape index (κ1) is 31.2. The molecule has 1 N–H and O–H groups in total. The number of carboxylic acids is 1. The number of hydrogen-bond acceptors (Lipinski definition) is 4. The number of Topliss-reactive ketones (excluding diaryl/α,β-unsaturated/α-hetero) is 1. The summed E-state index contributed by atoms with van der Waals surface area (Å²) >= 11 is 18.2. The van der Waals surface area contributed by atoms with Crippen molar-refractivity contribution in [2.24, 2.45) is 10.8 Å². The van der Waals surface area contributed by atoms with E-state index in [2.05, 4.69) is 5.10 Å². The van der Waals surface area contributed by atoms with E-state index in [0.29, 0.717) is 0 Å². The van der Waals surface area contributed by atoms with Gasteiger partial charge in [0, 0.05) is 11.6 Å². The summed E-state index contributed by atoms with van der Waals surface area (Å²) in [5, 5.41) is 13.5. The largest absolute Gasteiger partial charge is 0.481 e. The highest BCUT2D eigenvalue weighted by Crippen LogP contribution is 2.43. The van der Waals surface area contributed by atoms with Gasteiger partial charge < -0.3 is 10.0 Å². The molecule has 39 heavy (non-hydrogen) atoms. The van der Waals surface area contributed by atoms with E-state index < -0.39 is 58.5 Å². The maximum Gasteiger partial charge on any atom is 0.433 e. The molecule has 13 heteroatoms. The lowest BCUT2D eigenvalue weighted by molar-refractivity contribution is -0.152. The third kappa shape index (κ3) is 7.08. The monoisotopic (exact) mass is 609 g/mol. The van der Waals surface area contributed by atoms with Crippen molar-refractivity contribution < 1.29 is 32.7 Å². The van der Waals surface area contributed by atoms with E-state index in [4.69, 9.17) is 34.8 Å². The van der Waals surface area contributed by atoms with Gasteiger partial charge >= 0.3 is 12.1 Å². The van der Waals surface area contributed by atoms with Crippen molar-refractivity contribution >= 4 is 52.5 Å². The van der Waals surface area contributed by atoms with Crippen LogP contribution in [0.4, 0.5) is 13.2 Å². The molecule has 1 fully saturated rings. The van der Waals surface area contributed by atoms with Crippen molar-refractivity contribution in [1.82, 2.24) is 14.7 Å². The summed E-state index contributed by atoms with van der Waals surface area (Å²) < 4.78 is 43.9. The molecule has 0 bridgehead atoms. The molecule has 1 aliphatic rings. The predicted molar refractivity (Wildman–Crippen MR) is 142 cm³/mol. The summed E-state index contributed by atoms with van der Waals surface area (Å²) in [5.41, 5.74) is -3.63. The van der Waals surface area contributed by atoms with Crippen molar-refractivity contribution in [2.75, 3.05) is 13.1 Å². The topological polar surface area (TPSA) is 92.5 Å². The number of aromatic nitrogens is 2. The Bertz CT molecular complexity index is 1260. The summed E-state index contributed by atoms with van der Waals surface area (Å²) in [6.45, 7) is 6.25. The number of halogens is 6. The summed E-state index contributed by atoms with van der Waals surface area (Å²) in [6, 6.07) is 1.88. The van der Waals surface area contributed by atoms with Crippen molar-refractivity contribution in [1.29, 1.82) is 0 Å². The number of carboxylic acid groups (broad SMARTS) is 1. The van der Waals surface area contributed by atoms with E-state index >= 15 is 0 Å². The number of benzene rings is 1. The second-order valence-corrected chi connectivity index (χ2v) is 12.6. The maximum absolute atomic E-state index is 14.4. The van der Waals surface area contributed by atoms with Gasteiger partial charge in [-0.2, -0.15) is 18.3 Å². The van der Waals surface area contributed by atoms with Gasteiger partial charge in [-0.15, -0.1) is 0 Å². The van der Waals surface area contributed by atoms with Crippen LogP contribution in [0.15, 0.2) is 18.3 Å². The van der Waals surface area contributed by atoms with Crippen LogP contribution in [-0.4, -0.2) is 50.5 Å². The van der Waals surface area contributed by atoms with Crippen molar-refractivity contribution in [3.63, 3.8) is 0 Å². The first-order chi connectivity index (χ1) is 17.8. The van der Waals surface area contributed by atoms with E-state index in [1.54, 1.807) is 27.7 Å². The number of aliphatic carboxylic acids is 1. The second kappa shape index (κ2) is 11.3. The molecule has 0 radical (unpaired) electrons. The molecule has 1 aromatic heterocycles. The Labute approximate surface area is 239 Å². The molecule has 0 saturated heterocycles. The molecule has 1 aliphatic carbocycles. The molecule has 3 rings (SSSR count). The molecule has 7 nitrogen and oxygen atoms in total. The van der Waals surface area contributed by atoms with E-state index in [-0.39, 0.29) is 52.9 Å². The quantitative estimate of drug-likeness (QED) is 0.329. The lowest BCUT2D eigenvalue weighted by Crippen LogP contribution is -2.42. The molecule has 0 aliphatic heterocycles. The van der Waals surface area contributed by atoms with E-state index in [9.17, 15) is 32.7 Å². The lowest BCUT2D eigenvalue weighted by atomic mass is 9.74. The van der Waals surface area contributed by atoms with Crippen LogP contribution in [0, 0.1) is 10.8 Å². The highest BCUT2D eigenvalue weighted by Gasteiger charge is 2.45. The van der Waals surface area contributed by atoms with E-state index in [0.717, 1.165) is 15.8 Å². The Hall–Kier alpha value is -2.30. The summed E-state index contributed by atoms with van der Waals surface area (Å²) in [7, 11) is 0. The summed E-state index contributed by atoms with van der Waals surface area (Å²) in [5.74, 6) is -2.69. The van der Waals surface area contributed by atoms with Crippen LogP contribution in [0.2, 0.25) is 15.1 Å². The molecule has 1 amide bonds. The van der Waals surface area contributed by atoms with Gasteiger partial charge in [0.05, 0.1) is 45.4 Å². The van der Waals surface area contributed by atoms with Gasteiger partial charge in [0.25, 0.3) is 5.91 Å². The molecule has 1 heterocycles. The van der Waals surface area contributed by atoms with Gasteiger partial charge in [-0.1, -0.05) is 55.6 Å². The van der Waals surface area contributed by atoms with Gasteiger partial charge in [0.15, 0.2) is 11.5 Å². The highest BCUT2D eigenvalue weighted by atomic mass is 35.5. The zero-order chi connectivity index (χ0) is 29.5. The molecule has 2 aromatic rings. The van der Waals surface area contributed by atoms with Gasteiger partial charge in [-0.05, 0) is 50.2 Å². The highest BCUT2D eigenvalue weighted by molar-refractivity contribution is 6.42. The van der Waals surface area contributed by atoms with Gasteiger partial charge in [0.2, 0.25) is 0 Å².